The number of carbonyl (C=O) groups is 1. The fourth-order valence-electron chi connectivity index (χ4n) is 1.88. The minimum atomic E-state index is -0.157. The molecule has 2 fully saturated rings. The van der Waals surface area contributed by atoms with Gasteiger partial charge in [-0.15, -0.1) is 0 Å². The maximum absolute atomic E-state index is 9.96. The molecule has 0 spiro atoms. The van der Waals surface area contributed by atoms with Gasteiger partial charge in [-0.25, -0.2) is 0 Å². The van der Waals surface area contributed by atoms with Gasteiger partial charge in [0.15, 0.2) is 0 Å². The predicted molar refractivity (Wildman–Crippen MR) is 55.9 cm³/mol. The highest BCUT2D eigenvalue weighted by molar-refractivity contribution is 9.09. The number of esters is 1. The van der Waals surface area contributed by atoms with Gasteiger partial charge < -0.3 is 4.74 Å². The normalized spacial score (nSPS) is 34.2. The summed E-state index contributed by atoms with van der Waals surface area (Å²) in [5.74, 6) is 2.04. The minimum Gasteiger partial charge on any atom is -0.469 e. The third-order valence-electron chi connectivity index (χ3n) is 2.82. The molecule has 0 radical (unpaired) electrons. The Bertz CT molecular complexity index is 166. The number of fused-ring (bicyclic) bond motifs is 1. The van der Waals surface area contributed by atoms with Gasteiger partial charge in [-0.05, 0) is 24.7 Å². The zero-order valence-electron chi connectivity index (χ0n) is 8.25. The zero-order valence-corrected chi connectivity index (χ0v) is 9.84. The Morgan fingerprint density at radius 3 is 2.15 bits per heavy atom. The maximum Gasteiger partial charge on any atom is 0.305 e. The van der Waals surface area contributed by atoms with Gasteiger partial charge in [0.2, 0.25) is 0 Å². The number of carbonyl (C=O) groups excluding carboxylic acids is 1. The molecule has 2 atom stereocenters. The SMILES string of the molecule is BrC1C2CCCC12.CCC(=O)OC. The van der Waals surface area contributed by atoms with Crippen molar-refractivity contribution in [3.63, 3.8) is 0 Å². The van der Waals surface area contributed by atoms with Crippen LogP contribution in [0.2, 0.25) is 0 Å². The van der Waals surface area contributed by atoms with E-state index >= 15 is 0 Å². The summed E-state index contributed by atoms with van der Waals surface area (Å²) in [4.78, 5) is 10.9. The molecule has 2 nitrogen and oxygen atoms in total. The Morgan fingerprint density at radius 1 is 1.46 bits per heavy atom. The minimum absolute atomic E-state index is 0.157. The fraction of sp³-hybridized carbons (Fsp3) is 0.900. The van der Waals surface area contributed by atoms with Crippen molar-refractivity contribution in [2.75, 3.05) is 7.11 Å². The van der Waals surface area contributed by atoms with Crippen LogP contribution in [0, 0.1) is 11.8 Å². The number of hydrogen-bond donors (Lipinski definition) is 0. The molecule has 0 amide bonds. The average molecular weight is 249 g/mol. The van der Waals surface area contributed by atoms with Crippen molar-refractivity contribution < 1.29 is 9.53 Å². The Labute approximate surface area is 88.2 Å². The molecule has 2 aliphatic carbocycles. The van der Waals surface area contributed by atoms with Crippen LogP contribution in [0.25, 0.3) is 0 Å². The number of methoxy groups -OCH3 is 1. The summed E-state index contributed by atoms with van der Waals surface area (Å²) in [6.45, 7) is 1.76. The van der Waals surface area contributed by atoms with Gasteiger partial charge in [0, 0.05) is 11.2 Å². The van der Waals surface area contributed by atoms with Crippen molar-refractivity contribution in [3.05, 3.63) is 0 Å². The monoisotopic (exact) mass is 248 g/mol. The van der Waals surface area contributed by atoms with Crippen LogP contribution in [0.3, 0.4) is 0 Å². The third kappa shape index (κ3) is 2.97. The molecule has 13 heavy (non-hydrogen) atoms. The van der Waals surface area contributed by atoms with Gasteiger partial charge in [-0.3, -0.25) is 4.79 Å². The van der Waals surface area contributed by atoms with E-state index in [-0.39, 0.29) is 5.97 Å². The lowest BCUT2D eigenvalue weighted by molar-refractivity contribution is -0.140. The molecule has 76 valence electrons. The van der Waals surface area contributed by atoms with Crippen LogP contribution in [-0.4, -0.2) is 17.9 Å². The van der Waals surface area contributed by atoms with Gasteiger partial charge in [0.1, 0.15) is 0 Å². The van der Waals surface area contributed by atoms with E-state index in [9.17, 15) is 4.79 Å². The van der Waals surface area contributed by atoms with E-state index in [1.807, 2.05) is 0 Å². The molecule has 0 aromatic carbocycles. The Balaban J connectivity index is 0.000000133. The van der Waals surface area contributed by atoms with Crippen LogP contribution in [0.5, 0.6) is 0 Å². The molecule has 0 aromatic heterocycles. The largest absolute Gasteiger partial charge is 0.469 e. The summed E-state index contributed by atoms with van der Waals surface area (Å²) in [7, 11) is 1.38. The van der Waals surface area contributed by atoms with Crippen molar-refractivity contribution >= 4 is 21.9 Å². The summed E-state index contributed by atoms with van der Waals surface area (Å²) in [6.07, 6.45) is 4.97. The zero-order chi connectivity index (χ0) is 9.84. The van der Waals surface area contributed by atoms with E-state index in [4.69, 9.17) is 0 Å². The number of ether oxygens (including phenoxy) is 1. The predicted octanol–water partition coefficient (Wildman–Crippen LogP) is 2.75. The van der Waals surface area contributed by atoms with E-state index in [1.165, 1.54) is 26.4 Å². The number of rotatable bonds is 1. The van der Waals surface area contributed by atoms with Crippen LogP contribution in [0.1, 0.15) is 32.6 Å². The second-order valence-electron chi connectivity index (χ2n) is 3.63. The fourth-order valence-corrected chi connectivity index (χ4v) is 3.01. The van der Waals surface area contributed by atoms with Gasteiger partial charge in [0.25, 0.3) is 0 Å². The van der Waals surface area contributed by atoms with Crippen molar-refractivity contribution in [2.24, 2.45) is 11.8 Å². The van der Waals surface area contributed by atoms with Crippen molar-refractivity contribution in [2.45, 2.75) is 37.4 Å². The van der Waals surface area contributed by atoms with Crippen molar-refractivity contribution in [1.29, 1.82) is 0 Å². The summed E-state index contributed by atoms with van der Waals surface area (Å²) in [5, 5.41) is 0. The number of halogens is 1. The molecule has 2 rings (SSSR count). The topological polar surface area (TPSA) is 26.3 Å². The van der Waals surface area contributed by atoms with Crippen molar-refractivity contribution in [3.8, 4) is 0 Å². The van der Waals surface area contributed by atoms with Crippen LogP contribution < -0.4 is 0 Å². The summed E-state index contributed by atoms with van der Waals surface area (Å²) < 4.78 is 4.26. The Kier molecular flexibility index (Phi) is 4.23. The lowest BCUT2D eigenvalue weighted by Crippen LogP contribution is -1.94. The lowest BCUT2D eigenvalue weighted by Gasteiger charge is -1.88. The van der Waals surface area contributed by atoms with E-state index < -0.39 is 0 Å². The van der Waals surface area contributed by atoms with E-state index in [2.05, 4.69) is 20.7 Å². The summed E-state index contributed by atoms with van der Waals surface area (Å²) in [6, 6.07) is 0. The molecule has 0 aliphatic heterocycles. The molecule has 0 bridgehead atoms. The Hall–Kier alpha value is -0.0500. The third-order valence-corrected chi connectivity index (χ3v) is 4.18. The van der Waals surface area contributed by atoms with E-state index in [1.54, 1.807) is 6.92 Å². The molecule has 0 aromatic rings. The highest BCUT2D eigenvalue weighted by Crippen LogP contribution is 2.56. The Morgan fingerprint density at radius 2 is 2.00 bits per heavy atom. The molecule has 0 heterocycles. The van der Waals surface area contributed by atoms with Crippen LogP contribution in [-0.2, 0) is 9.53 Å². The summed E-state index contributed by atoms with van der Waals surface area (Å²) >= 11 is 3.63. The standard InChI is InChI=1S/C6H9Br.C4H8O2/c7-6-4-2-1-3-5(4)6;1-3-4(5)6-2/h4-6H,1-3H2;3H2,1-2H3. The average Bonchev–Trinajstić information content (AvgIpc) is 2.63. The van der Waals surface area contributed by atoms with Gasteiger partial charge in [-0.2, -0.15) is 0 Å². The highest BCUT2D eigenvalue weighted by atomic mass is 79.9. The van der Waals surface area contributed by atoms with Gasteiger partial charge in [0.05, 0.1) is 7.11 Å². The smallest absolute Gasteiger partial charge is 0.305 e. The van der Waals surface area contributed by atoms with Gasteiger partial charge >= 0.3 is 5.97 Å². The van der Waals surface area contributed by atoms with Crippen LogP contribution in [0.15, 0.2) is 0 Å². The second-order valence-corrected chi connectivity index (χ2v) is 4.69. The number of alkyl halides is 1. The van der Waals surface area contributed by atoms with E-state index in [0.717, 1.165) is 16.7 Å². The molecular weight excluding hydrogens is 232 g/mol. The van der Waals surface area contributed by atoms with Gasteiger partial charge in [-0.1, -0.05) is 29.3 Å². The molecule has 3 heteroatoms. The molecule has 0 saturated heterocycles. The highest BCUT2D eigenvalue weighted by Gasteiger charge is 2.50. The first-order valence-corrected chi connectivity index (χ1v) is 5.83. The molecule has 2 saturated carbocycles. The maximum atomic E-state index is 9.96. The molecular formula is C10H17BrO2. The summed E-state index contributed by atoms with van der Waals surface area (Å²) in [5.41, 5.74) is 0. The number of hydrogen-bond acceptors (Lipinski definition) is 2. The van der Waals surface area contributed by atoms with Crippen molar-refractivity contribution in [1.82, 2.24) is 0 Å². The molecule has 0 N–H and O–H groups in total. The van der Waals surface area contributed by atoms with Crippen LogP contribution in [0.4, 0.5) is 0 Å². The van der Waals surface area contributed by atoms with E-state index in [0.29, 0.717) is 6.42 Å². The first kappa shape index (κ1) is 11.0. The first-order chi connectivity index (χ1) is 6.20. The quantitative estimate of drug-likeness (QED) is 0.527. The molecule has 2 unspecified atom stereocenters. The lowest BCUT2D eigenvalue weighted by atomic mass is 10.3. The second kappa shape index (κ2) is 4.99. The first-order valence-electron chi connectivity index (χ1n) is 4.91. The molecule has 2 aliphatic rings. The van der Waals surface area contributed by atoms with Crippen LogP contribution >= 0.6 is 15.9 Å².